The predicted molar refractivity (Wildman–Crippen MR) is 33.6 cm³/mol. The molecule has 0 aliphatic heterocycles. The lowest BCUT2D eigenvalue weighted by molar-refractivity contribution is 0.531. The van der Waals surface area contributed by atoms with E-state index in [1.165, 1.54) is 6.39 Å². The van der Waals surface area contributed by atoms with Crippen LogP contribution < -0.4 is 5.73 Å². The van der Waals surface area contributed by atoms with Gasteiger partial charge < -0.3 is 10.2 Å². The highest BCUT2D eigenvalue weighted by molar-refractivity contribution is 14.1. The Morgan fingerprint density at radius 2 is 2.57 bits per heavy atom. The van der Waals surface area contributed by atoms with Crippen LogP contribution in [-0.4, -0.2) is 4.98 Å². The van der Waals surface area contributed by atoms with E-state index >= 15 is 0 Å². The van der Waals surface area contributed by atoms with Crippen LogP contribution in [0, 0.1) is 3.77 Å². The average molecular weight is 210 g/mol. The molecule has 3 nitrogen and oxygen atoms in total. The van der Waals surface area contributed by atoms with Gasteiger partial charge in [-0.3, -0.25) is 0 Å². The van der Waals surface area contributed by atoms with Gasteiger partial charge in [0.2, 0.25) is 3.77 Å². The monoisotopic (exact) mass is 210 g/mol. The lowest BCUT2D eigenvalue weighted by Gasteiger charge is -1.75. The molecule has 0 aromatic carbocycles. The molecule has 0 saturated carbocycles. The van der Waals surface area contributed by atoms with E-state index in [2.05, 4.69) is 4.98 Å². The van der Waals surface area contributed by atoms with Gasteiger partial charge in [0.1, 0.15) is 0 Å². The van der Waals surface area contributed by atoms with E-state index in [0.717, 1.165) is 0 Å². The number of nitrogens with zero attached hydrogens (tertiary/aromatic N) is 1. The average Bonchev–Trinajstić information content (AvgIpc) is 1.91. The largest absolute Gasteiger partial charge is 0.435 e. The Bertz CT molecular complexity index is 145. The van der Waals surface area contributed by atoms with E-state index in [1.54, 1.807) is 0 Å². The summed E-state index contributed by atoms with van der Waals surface area (Å²) in [5.74, 6) is 0.459. The molecule has 0 aliphatic carbocycles. The number of anilines is 1. The van der Waals surface area contributed by atoms with Crippen LogP contribution in [0.25, 0.3) is 0 Å². The van der Waals surface area contributed by atoms with Crippen LogP contribution in [-0.2, 0) is 0 Å². The first kappa shape index (κ1) is 4.89. The molecule has 0 amide bonds. The third-order valence-corrected chi connectivity index (χ3v) is 1.36. The van der Waals surface area contributed by atoms with Crippen molar-refractivity contribution < 1.29 is 4.42 Å². The standard InChI is InChI=1S/C3H3IN2O/c4-2-3(5)6-1-7-2/h1H,5H2. The molecule has 0 aliphatic rings. The minimum absolute atomic E-state index is 0.459. The number of nitrogen functional groups attached to an aromatic ring is 1. The van der Waals surface area contributed by atoms with Crippen LogP contribution in [0.2, 0.25) is 0 Å². The highest BCUT2D eigenvalue weighted by Crippen LogP contribution is 2.09. The molecule has 1 rings (SSSR count). The molecule has 0 radical (unpaired) electrons. The second kappa shape index (κ2) is 1.69. The smallest absolute Gasteiger partial charge is 0.207 e. The quantitative estimate of drug-likeness (QED) is 0.646. The second-order valence-corrected chi connectivity index (χ2v) is 1.99. The van der Waals surface area contributed by atoms with Crippen molar-refractivity contribution in [2.45, 2.75) is 0 Å². The van der Waals surface area contributed by atoms with E-state index in [9.17, 15) is 0 Å². The zero-order valence-corrected chi connectivity index (χ0v) is 5.55. The Morgan fingerprint density at radius 3 is 2.71 bits per heavy atom. The molecule has 0 spiro atoms. The third kappa shape index (κ3) is 0.846. The first-order valence-electron chi connectivity index (χ1n) is 1.65. The maximum Gasteiger partial charge on any atom is 0.207 e. The third-order valence-electron chi connectivity index (χ3n) is 0.549. The van der Waals surface area contributed by atoms with Crippen LogP contribution >= 0.6 is 22.6 Å². The molecule has 7 heavy (non-hydrogen) atoms. The summed E-state index contributed by atoms with van der Waals surface area (Å²) in [6.45, 7) is 0. The zero-order valence-electron chi connectivity index (χ0n) is 3.39. The Balaban J connectivity index is 3.12. The fourth-order valence-corrected chi connectivity index (χ4v) is 0.494. The topological polar surface area (TPSA) is 52.0 Å². The molecule has 2 N–H and O–H groups in total. The molecule has 0 bridgehead atoms. The van der Waals surface area contributed by atoms with Crippen molar-refractivity contribution in [1.82, 2.24) is 4.98 Å². The molecule has 0 saturated heterocycles. The van der Waals surface area contributed by atoms with Crippen LogP contribution in [0.15, 0.2) is 10.8 Å². The molecule has 38 valence electrons. The number of nitrogens with two attached hydrogens (primary N) is 1. The highest BCUT2D eigenvalue weighted by Gasteiger charge is 1.94. The summed E-state index contributed by atoms with van der Waals surface area (Å²) in [4.78, 5) is 3.62. The van der Waals surface area contributed by atoms with Gasteiger partial charge in [0, 0.05) is 22.6 Å². The minimum Gasteiger partial charge on any atom is -0.435 e. The number of halogens is 1. The summed E-state index contributed by atoms with van der Waals surface area (Å²) >= 11 is 1.97. The maximum atomic E-state index is 5.23. The van der Waals surface area contributed by atoms with E-state index in [-0.39, 0.29) is 0 Å². The van der Waals surface area contributed by atoms with E-state index in [4.69, 9.17) is 10.2 Å². The van der Waals surface area contributed by atoms with Crippen LogP contribution in [0.5, 0.6) is 0 Å². The predicted octanol–water partition coefficient (Wildman–Crippen LogP) is 0.861. The van der Waals surface area contributed by atoms with Gasteiger partial charge in [-0.15, -0.1) is 0 Å². The summed E-state index contributed by atoms with van der Waals surface area (Å²) in [6, 6.07) is 0. The Kier molecular flexibility index (Phi) is 1.18. The highest BCUT2D eigenvalue weighted by atomic mass is 127. The first-order valence-corrected chi connectivity index (χ1v) is 2.73. The summed E-state index contributed by atoms with van der Waals surface area (Å²) in [5, 5.41) is 0. The van der Waals surface area contributed by atoms with Crippen molar-refractivity contribution >= 4 is 28.4 Å². The van der Waals surface area contributed by atoms with E-state index < -0.39 is 0 Å². The molecular weight excluding hydrogens is 207 g/mol. The molecule has 1 heterocycles. The van der Waals surface area contributed by atoms with Gasteiger partial charge in [-0.1, -0.05) is 0 Å². The summed E-state index contributed by atoms with van der Waals surface area (Å²) < 4.78 is 5.37. The fourth-order valence-electron chi connectivity index (χ4n) is 0.241. The number of rotatable bonds is 0. The van der Waals surface area contributed by atoms with Gasteiger partial charge in [-0.2, -0.15) is 4.98 Å². The SMILES string of the molecule is Nc1ncoc1I. The van der Waals surface area contributed by atoms with Crippen LogP contribution in [0.4, 0.5) is 5.82 Å². The van der Waals surface area contributed by atoms with Gasteiger partial charge in [0.15, 0.2) is 12.2 Å². The fraction of sp³-hybridized carbons (Fsp3) is 0. The normalized spacial score (nSPS) is 9.29. The van der Waals surface area contributed by atoms with Gasteiger partial charge in [-0.05, 0) is 0 Å². The van der Waals surface area contributed by atoms with E-state index in [1.807, 2.05) is 22.6 Å². The van der Waals surface area contributed by atoms with Gasteiger partial charge >= 0.3 is 0 Å². The summed E-state index contributed by atoms with van der Waals surface area (Å²) in [7, 11) is 0. The number of oxazole rings is 1. The van der Waals surface area contributed by atoms with Crippen LogP contribution in [0.1, 0.15) is 0 Å². The maximum absolute atomic E-state index is 5.23. The molecule has 0 unspecified atom stereocenters. The van der Waals surface area contributed by atoms with Gasteiger partial charge in [0.25, 0.3) is 0 Å². The van der Waals surface area contributed by atoms with E-state index in [0.29, 0.717) is 9.58 Å². The number of hydrogen-bond acceptors (Lipinski definition) is 3. The zero-order chi connectivity index (χ0) is 5.28. The molecule has 1 aromatic heterocycles. The molecule has 0 fully saturated rings. The molecular formula is C3H3IN2O. The van der Waals surface area contributed by atoms with Crippen molar-refractivity contribution in [2.24, 2.45) is 0 Å². The van der Waals surface area contributed by atoms with Crippen molar-refractivity contribution in [1.29, 1.82) is 0 Å². The summed E-state index contributed by atoms with van der Waals surface area (Å²) in [5.41, 5.74) is 5.23. The number of hydrogen-bond donors (Lipinski definition) is 1. The van der Waals surface area contributed by atoms with Crippen molar-refractivity contribution in [3.8, 4) is 0 Å². The van der Waals surface area contributed by atoms with Gasteiger partial charge in [0.05, 0.1) is 0 Å². The van der Waals surface area contributed by atoms with Crippen LogP contribution in [0.3, 0.4) is 0 Å². The van der Waals surface area contributed by atoms with Crippen molar-refractivity contribution in [3.05, 3.63) is 10.2 Å². The van der Waals surface area contributed by atoms with Gasteiger partial charge in [-0.25, -0.2) is 0 Å². The van der Waals surface area contributed by atoms with Crippen molar-refractivity contribution in [2.75, 3.05) is 5.73 Å². The molecule has 4 heteroatoms. The first-order chi connectivity index (χ1) is 3.30. The van der Waals surface area contributed by atoms with Crippen molar-refractivity contribution in [3.63, 3.8) is 0 Å². The second-order valence-electron chi connectivity index (χ2n) is 1.01. The molecule has 0 atom stereocenters. The minimum atomic E-state index is 0.459. The lowest BCUT2D eigenvalue weighted by Crippen LogP contribution is -1.84. The Labute approximate surface area is 54.0 Å². The summed E-state index contributed by atoms with van der Waals surface area (Å²) in [6.07, 6.45) is 1.32. The Morgan fingerprint density at radius 1 is 1.86 bits per heavy atom. The Hall–Kier alpha value is -0.260. The molecule has 1 aromatic rings. The number of aromatic nitrogens is 1. The lowest BCUT2D eigenvalue weighted by atomic mass is 10.8.